The average molecular weight is 289 g/mol. The van der Waals surface area contributed by atoms with Crippen LogP contribution in [0.2, 0.25) is 0 Å². The van der Waals surface area contributed by atoms with Crippen molar-refractivity contribution in [3.05, 3.63) is 46.0 Å². The van der Waals surface area contributed by atoms with E-state index in [1.165, 1.54) is 6.07 Å². The molecule has 0 aliphatic heterocycles. The summed E-state index contributed by atoms with van der Waals surface area (Å²) in [6, 6.07) is 4.93. The van der Waals surface area contributed by atoms with E-state index in [1.807, 2.05) is 0 Å². The number of oxazole rings is 1. The topological polar surface area (TPSA) is 81.2 Å². The molecule has 112 valence electrons. The monoisotopic (exact) mass is 289 g/mol. The van der Waals surface area contributed by atoms with Crippen LogP contribution < -0.4 is 5.32 Å². The quantitative estimate of drug-likeness (QED) is 0.481. The van der Waals surface area contributed by atoms with Crippen LogP contribution in [-0.2, 0) is 6.42 Å². The van der Waals surface area contributed by atoms with Gasteiger partial charge in [0, 0.05) is 30.2 Å². The molecule has 0 radical (unpaired) electrons. The molecule has 0 amide bonds. The Hall–Kier alpha value is -2.21. The highest BCUT2D eigenvalue weighted by molar-refractivity contribution is 5.61. The van der Waals surface area contributed by atoms with E-state index in [1.54, 1.807) is 25.3 Å². The SMILES string of the molecule is CCCNCCc1ncc(-c2ccc([N+](=O)[O-])c(C)c2)o1. The first-order valence-corrected chi connectivity index (χ1v) is 7.02. The van der Waals surface area contributed by atoms with Crippen molar-refractivity contribution in [2.75, 3.05) is 13.1 Å². The Morgan fingerprint density at radius 3 is 2.86 bits per heavy atom. The van der Waals surface area contributed by atoms with E-state index in [0.29, 0.717) is 17.2 Å². The van der Waals surface area contributed by atoms with Gasteiger partial charge >= 0.3 is 0 Å². The summed E-state index contributed by atoms with van der Waals surface area (Å²) < 4.78 is 5.68. The minimum absolute atomic E-state index is 0.113. The Balaban J connectivity index is 2.07. The fourth-order valence-corrected chi connectivity index (χ4v) is 2.07. The van der Waals surface area contributed by atoms with E-state index in [-0.39, 0.29) is 10.6 Å². The number of nitro benzene ring substituents is 1. The van der Waals surface area contributed by atoms with Gasteiger partial charge in [0.1, 0.15) is 0 Å². The zero-order valence-electron chi connectivity index (χ0n) is 12.3. The molecule has 0 spiro atoms. The molecule has 6 nitrogen and oxygen atoms in total. The second-order valence-electron chi connectivity index (χ2n) is 4.88. The Bertz CT molecular complexity index is 622. The van der Waals surface area contributed by atoms with Crippen LogP contribution in [0.1, 0.15) is 24.8 Å². The lowest BCUT2D eigenvalue weighted by atomic mass is 10.1. The van der Waals surface area contributed by atoms with Gasteiger partial charge in [0.15, 0.2) is 11.7 Å². The maximum Gasteiger partial charge on any atom is 0.272 e. The molecule has 1 N–H and O–H groups in total. The largest absolute Gasteiger partial charge is 0.441 e. The van der Waals surface area contributed by atoms with Crippen molar-refractivity contribution < 1.29 is 9.34 Å². The van der Waals surface area contributed by atoms with Crippen molar-refractivity contribution in [2.24, 2.45) is 0 Å². The molecule has 1 aromatic carbocycles. The molecule has 0 saturated heterocycles. The van der Waals surface area contributed by atoms with Gasteiger partial charge in [0.2, 0.25) is 0 Å². The molecule has 0 unspecified atom stereocenters. The normalized spacial score (nSPS) is 10.8. The number of nitro groups is 1. The first kappa shape index (κ1) is 15.2. The molecule has 21 heavy (non-hydrogen) atoms. The van der Waals surface area contributed by atoms with Gasteiger partial charge in [0.25, 0.3) is 5.69 Å². The first-order chi connectivity index (χ1) is 10.1. The third-order valence-electron chi connectivity index (χ3n) is 3.17. The molecule has 6 heteroatoms. The van der Waals surface area contributed by atoms with Crippen LogP contribution >= 0.6 is 0 Å². The Labute approximate surface area is 123 Å². The number of rotatable bonds is 7. The van der Waals surface area contributed by atoms with Crippen molar-refractivity contribution in [1.29, 1.82) is 0 Å². The number of nitrogens with zero attached hydrogens (tertiary/aromatic N) is 2. The number of benzene rings is 1. The lowest BCUT2D eigenvalue weighted by Crippen LogP contribution is -2.17. The van der Waals surface area contributed by atoms with Crippen LogP contribution in [0.5, 0.6) is 0 Å². The minimum Gasteiger partial charge on any atom is -0.441 e. The molecule has 0 aliphatic carbocycles. The van der Waals surface area contributed by atoms with Gasteiger partial charge < -0.3 is 9.73 Å². The second-order valence-corrected chi connectivity index (χ2v) is 4.88. The van der Waals surface area contributed by atoms with Crippen LogP contribution in [0.25, 0.3) is 11.3 Å². The number of hydrogen-bond donors (Lipinski definition) is 1. The smallest absolute Gasteiger partial charge is 0.272 e. The van der Waals surface area contributed by atoms with Gasteiger partial charge in [-0.25, -0.2) is 4.98 Å². The van der Waals surface area contributed by atoms with E-state index in [2.05, 4.69) is 17.2 Å². The van der Waals surface area contributed by atoms with Crippen molar-refractivity contribution in [2.45, 2.75) is 26.7 Å². The fourth-order valence-electron chi connectivity index (χ4n) is 2.07. The maximum atomic E-state index is 10.8. The number of nitrogens with one attached hydrogen (secondary N) is 1. The molecule has 2 aromatic rings. The molecular weight excluding hydrogens is 270 g/mol. The molecule has 0 bridgehead atoms. The molecule has 1 heterocycles. The zero-order valence-corrected chi connectivity index (χ0v) is 12.3. The number of aryl methyl sites for hydroxylation is 1. The van der Waals surface area contributed by atoms with Crippen LogP contribution in [-0.4, -0.2) is 23.0 Å². The highest BCUT2D eigenvalue weighted by Gasteiger charge is 2.13. The van der Waals surface area contributed by atoms with Crippen molar-refractivity contribution >= 4 is 5.69 Å². The summed E-state index contributed by atoms with van der Waals surface area (Å²) in [5.74, 6) is 1.31. The van der Waals surface area contributed by atoms with Gasteiger partial charge in [-0.05, 0) is 32.0 Å². The first-order valence-electron chi connectivity index (χ1n) is 7.02. The number of aromatic nitrogens is 1. The summed E-state index contributed by atoms with van der Waals surface area (Å²) in [7, 11) is 0. The predicted molar refractivity (Wildman–Crippen MR) is 80.2 cm³/mol. The predicted octanol–water partition coefficient (Wildman–Crippen LogP) is 3.10. The maximum absolute atomic E-state index is 10.8. The second kappa shape index (κ2) is 6.99. The Kier molecular flexibility index (Phi) is 5.05. The van der Waals surface area contributed by atoms with Gasteiger partial charge in [-0.2, -0.15) is 0 Å². The fraction of sp³-hybridized carbons (Fsp3) is 0.400. The highest BCUT2D eigenvalue weighted by Crippen LogP contribution is 2.26. The Morgan fingerprint density at radius 2 is 2.19 bits per heavy atom. The lowest BCUT2D eigenvalue weighted by Gasteiger charge is -2.01. The van der Waals surface area contributed by atoms with Crippen LogP contribution in [0.4, 0.5) is 5.69 Å². The number of hydrogen-bond acceptors (Lipinski definition) is 5. The van der Waals surface area contributed by atoms with E-state index >= 15 is 0 Å². The summed E-state index contributed by atoms with van der Waals surface area (Å²) in [5.41, 5.74) is 1.53. The van der Waals surface area contributed by atoms with E-state index in [9.17, 15) is 10.1 Å². The lowest BCUT2D eigenvalue weighted by molar-refractivity contribution is -0.385. The standard InChI is InChI=1S/C15H19N3O3/c1-3-7-16-8-6-15-17-10-14(21-15)12-4-5-13(18(19)20)11(2)9-12/h4-5,9-10,16H,3,6-8H2,1-2H3. The van der Waals surface area contributed by atoms with Crippen LogP contribution in [0.15, 0.2) is 28.8 Å². The molecule has 0 fully saturated rings. The zero-order chi connectivity index (χ0) is 15.2. The summed E-state index contributed by atoms with van der Waals surface area (Å²) >= 11 is 0. The van der Waals surface area contributed by atoms with Crippen LogP contribution in [0, 0.1) is 17.0 Å². The molecule has 0 atom stereocenters. The molecule has 0 saturated carbocycles. The van der Waals surface area contributed by atoms with E-state index in [4.69, 9.17) is 4.42 Å². The van der Waals surface area contributed by atoms with Gasteiger partial charge in [0.05, 0.1) is 11.1 Å². The van der Waals surface area contributed by atoms with Crippen molar-refractivity contribution in [3.8, 4) is 11.3 Å². The van der Waals surface area contributed by atoms with Gasteiger partial charge in [-0.15, -0.1) is 0 Å². The summed E-state index contributed by atoms with van der Waals surface area (Å²) in [6.07, 6.45) is 3.49. The van der Waals surface area contributed by atoms with Crippen molar-refractivity contribution in [1.82, 2.24) is 10.3 Å². The molecule has 0 aliphatic rings. The minimum atomic E-state index is -0.385. The summed E-state index contributed by atoms with van der Waals surface area (Å²) in [4.78, 5) is 14.7. The molecule has 2 rings (SSSR count). The van der Waals surface area contributed by atoms with E-state index in [0.717, 1.165) is 31.5 Å². The van der Waals surface area contributed by atoms with Gasteiger partial charge in [-0.1, -0.05) is 6.92 Å². The van der Waals surface area contributed by atoms with Gasteiger partial charge in [-0.3, -0.25) is 10.1 Å². The third kappa shape index (κ3) is 3.88. The Morgan fingerprint density at radius 1 is 1.38 bits per heavy atom. The van der Waals surface area contributed by atoms with Crippen LogP contribution in [0.3, 0.4) is 0 Å². The van der Waals surface area contributed by atoms with E-state index < -0.39 is 0 Å². The van der Waals surface area contributed by atoms with Crippen molar-refractivity contribution in [3.63, 3.8) is 0 Å². The molecular formula is C15H19N3O3. The highest BCUT2D eigenvalue weighted by atomic mass is 16.6. The third-order valence-corrected chi connectivity index (χ3v) is 3.17. The molecule has 1 aromatic heterocycles. The summed E-state index contributed by atoms with van der Waals surface area (Å²) in [6.45, 7) is 5.64. The summed E-state index contributed by atoms with van der Waals surface area (Å²) in [5, 5.41) is 14.1. The average Bonchev–Trinajstić information content (AvgIpc) is 2.92.